The normalized spacial score (nSPS) is 10.9. The summed E-state index contributed by atoms with van der Waals surface area (Å²) in [5.74, 6) is -0.656. The van der Waals surface area contributed by atoms with Gasteiger partial charge in [0.05, 0.1) is 29.7 Å². The molecule has 0 aliphatic carbocycles. The van der Waals surface area contributed by atoms with Gasteiger partial charge in [-0.1, -0.05) is 11.6 Å². The molecule has 0 N–H and O–H groups in total. The van der Waals surface area contributed by atoms with Crippen LogP contribution in [0, 0.1) is 10.1 Å². The van der Waals surface area contributed by atoms with Crippen LogP contribution in [-0.2, 0) is 19.6 Å². The zero-order valence-corrected chi connectivity index (χ0v) is 15.9. The van der Waals surface area contributed by atoms with E-state index in [0.29, 0.717) is 0 Å². The molecule has 0 aromatic heterocycles. The molecule has 0 bridgehead atoms. The number of anilines is 1. The van der Waals surface area contributed by atoms with E-state index >= 15 is 0 Å². The van der Waals surface area contributed by atoms with Crippen LogP contribution in [0.3, 0.4) is 0 Å². The summed E-state index contributed by atoms with van der Waals surface area (Å²) in [5, 5.41) is 11.0. The number of nitro groups is 1. The quantitative estimate of drug-likeness (QED) is 0.388. The first-order valence-electron chi connectivity index (χ1n) is 7.38. The summed E-state index contributed by atoms with van der Waals surface area (Å²) >= 11 is 5.97. The second-order valence-corrected chi connectivity index (χ2v) is 7.45. The minimum atomic E-state index is -4.28. The first-order valence-corrected chi connectivity index (χ1v) is 9.20. The van der Waals surface area contributed by atoms with Gasteiger partial charge in [-0.25, -0.2) is 8.42 Å². The number of nitro benzene ring substituents is 1. The largest absolute Gasteiger partial charge is 0.495 e. The summed E-state index contributed by atoms with van der Waals surface area (Å²) in [6, 6.07) is 8.54. The first-order chi connectivity index (χ1) is 12.7. The molecule has 0 aliphatic heterocycles. The van der Waals surface area contributed by atoms with Gasteiger partial charge in [0.15, 0.2) is 0 Å². The van der Waals surface area contributed by atoms with Crippen LogP contribution in [0.2, 0.25) is 5.02 Å². The lowest BCUT2D eigenvalue weighted by Gasteiger charge is -2.25. The molecule has 2 rings (SSSR count). The van der Waals surface area contributed by atoms with E-state index in [-0.39, 0.29) is 27.0 Å². The molecule has 0 atom stereocenters. The summed E-state index contributed by atoms with van der Waals surface area (Å²) in [6.07, 6.45) is 0. The molecule has 144 valence electrons. The van der Waals surface area contributed by atoms with Crippen molar-refractivity contribution in [3.63, 3.8) is 0 Å². The second-order valence-electron chi connectivity index (χ2n) is 5.15. The molecule has 9 nitrogen and oxygen atoms in total. The van der Waals surface area contributed by atoms with Crippen molar-refractivity contribution in [3.8, 4) is 5.75 Å². The van der Waals surface area contributed by atoms with Gasteiger partial charge in [0, 0.05) is 17.2 Å². The monoisotopic (exact) mass is 414 g/mol. The van der Waals surface area contributed by atoms with E-state index in [4.69, 9.17) is 16.3 Å². The van der Waals surface area contributed by atoms with Gasteiger partial charge < -0.3 is 9.47 Å². The SMILES string of the molecule is COC(=O)CN(c1cc(Cl)ccc1OC)S(=O)(=O)c1ccc([N+](=O)[O-])cc1. The Labute approximate surface area is 160 Å². The molecular formula is C16H15ClN2O7S. The van der Waals surface area contributed by atoms with Crippen LogP contribution in [0.15, 0.2) is 47.4 Å². The number of halogens is 1. The maximum Gasteiger partial charge on any atom is 0.326 e. The summed E-state index contributed by atoms with van der Waals surface area (Å²) < 4.78 is 36.7. The van der Waals surface area contributed by atoms with E-state index in [1.807, 2.05) is 0 Å². The van der Waals surface area contributed by atoms with Gasteiger partial charge in [-0.2, -0.15) is 0 Å². The number of nitrogens with zero attached hydrogens (tertiary/aromatic N) is 2. The molecule has 0 unspecified atom stereocenters. The van der Waals surface area contributed by atoms with Crippen LogP contribution in [0.5, 0.6) is 5.75 Å². The van der Waals surface area contributed by atoms with Crippen molar-refractivity contribution in [2.24, 2.45) is 0 Å². The van der Waals surface area contributed by atoms with Gasteiger partial charge in [-0.15, -0.1) is 0 Å². The molecule has 0 radical (unpaired) electrons. The summed E-state index contributed by atoms with van der Waals surface area (Å²) in [6.45, 7) is -0.646. The molecule has 0 fully saturated rings. The van der Waals surface area contributed by atoms with Gasteiger partial charge in [-0.05, 0) is 30.3 Å². The number of hydrogen-bond acceptors (Lipinski definition) is 7. The number of carbonyl (C=O) groups is 1. The zero-order valence-electron chi connectivity index (χ0n) is 14.3. The minimum Gasteiger partial charge on any atom is -0.495 e. The topological polar surface area (TPSA) is 116 Å². The highest BCUT2D eigenvalue weighted by Gasteiger charge is 2.30. The average Bonchev–Trinajstić information content (AvgIpc) is 2.65. The van der Waals surface area contributed by atoms with Crippen molar-refractivity contribution in [3.05, 3.63) is 57.6 Å². The number of benzene rings is 2. The predicted molar refractivity (Wildman–Crippen MR) is 97.6 cm³/mol. The molecule has 0 heterocycles. The van der Waals surface area contributed by atoms with Crippen molar-refractivity contribution in [1.29, 1.82) is 0 Å². The Morgan fingerprint density at radius 3 is 2.33 bits per heavy atom. The number of methoxy groups -OCH3 is 2. The molecule has 0 saturated heterocycles. The van der Waals surface area contributed by atoms with E-state index < -0.39 is 27.5 Å². The Morgan fingerprint density at radius 2 is 1.81 bits per heavy atom. The number of sulfonamides is 1. The molecule has 0 amide bonds. The third-order valence-electron chi connectivity index (χ3n) is 3.55. The summed E-state index contributed by atoms with van der Waals surface area (Å²) in [7, 11) is -1.83. The van der Waals surface area contributed by atoms with Crippen molar-refractivity contribution < 1.29 is 27.6 Å². The lowest BCUT2D eigenvalue weighted by molar-refractivity contribution is -0.384. The standard InChI is InChI=1S/C16H15ClN2O7S/c1-25-15-8-3-11(17)9-14(15)18(10-16(20)26-2)27(23,24)13-6-4-12(5-7-13)19(21)22/h3-9H,10H2,1-2H3. The molecule has 27 heavy (non-hydrogen) atoms. The predicted octanol–water partition coefficient (Wildman–Crippen LogP) is 2.63. The molecule has 0 aliphatic rings. The van der Waals surface area contributed by atoms with Crippen molar-refractivity contribution in [2.75, 3.05) is 25.1 Å². The van der Waals surface area contributed by atoms with E-state index in [1.54, 1.807) is 0 Å². The van der Waals surface area contributed by atoms with E-state index in [0.717, 1.165) is 35.7 Å². The van der Waals surface area contributed by atoms with Gasteiger partial charge in [0.2, 0.25) is 0 Å². The highest BCUT2D eigenvalue weighted by Crippen LogP contribution is 2.35. The van der Waals surface area contributed by atoms with Gasteiger partial charge in [0.25, 0.3) is 15.7 Å². The fraction of sp³-hybridized carbons (Fsp3) is 0.188. The third kappa shape index (κ3) is 4.47. The van der Waals surface area contributed by atoms with Gasteiger partial charge >= 0.3 is 5.97 Å². The average molecular weight is 415 g/mol. The van der Waals surface area contributed by atoms with Crippen LogP contribution in [0.4, 0.5) is 11.4 Å². The fourth-order valence-corrected chi connectivity index (χ4v) is 3.78. The lowest BCUT2D eigenvalue weighted by Crippen LogP contribution is -2.36. The smallest absolute Gasteiger partial charge is 0.326 e. The summed E-state index contributed by atoms with van der Waals surface area (Å²) in [5.41, 5.74) is -0.248. The van der Waals surface area contributed by atoms with Crippen LogP contribution >= 0.6 is 11.6 Å². The maximum atomic E-state index is 13.1. The van der Waals surface area contributed by atoms with E-state index in [1.165, 1.54) is 25.3 Å². The first kappa shape index (κ1) is 20.5. The second kappa shape index (κ2) is 8.23. The van der Waals surface area contributed by atoms with Crippen LogP contribution in [0.1, 0.15) is 0 Å². The highest BCUT2D eigenvalue weighted by molar-refractivity contribution is 7.92. The number of carbonyl (C=O) groups excluding carboxylic acids is 1. The van der Waals surface area contributed by atoms with E-state index in [9.17, 15) is 23.3 Å². The number of esters is 1. The molecular weight excluding hydrogens is 400 g/mol. The third-order valence-corrected chi connectivity index (χ3v) is 5.55. The molecule has 0 saturated carbocycles. The van der Waals surface area contributed by atoms with E-state index in [2.05, 4.69) is 4.74 Å². The van der Waals surface area contributed by atoms with Crippen LogP contribution < -0.4 is 9.04 Å². The summed E-state index contributed by atoms with van der Waals surface area (Å²) in [4.78, 5) is 21.7. The maximum absolute atomic E-state index is 13.1. The number of non-ortho nitro benzene ring substituents is 1. The minimum absolute atomic E-state index is 0.0220. The molecule has 11 heteroatoms. The number of rotatable bonds is 7. The Kier molecular flexibility index (Phi) is 6.24. The lowest BCUT2D eigenvalue weighted by atomic mass is 10.3. The Balaban J connectivity index is 2.61. The Bertz CT molecular complexity index is 961. The van der Waals surface area contributed by atoms with Gasteiger partial charge in [0.1, 0.15) is 12.3 Å². The molecule has 2 aromatic carbocycles. The highest BCUT2D eigenvalue weighted by atomic mass is 35.5. The van der Waals surface area contributed by atoms with Crippen molar-refractivity contribution in [1.82, 2.24) is 0 Å². The molecule has 0 spiro atoms. The van der Waals surface area contributed by atoms with Crippen molar-refractivity contribution in [2.45, 2.75) is 4.90 Å². The Hall–Kier alpha value is -2.85. The van der Waals surface area contributed by atoms with Crippen LogP contribution in [0.25, 0.3) is 0 Å². The van der Waals surface area contributed by atoms with Gasteiger partial charge in [-0.3, -0.25) is 19.2 Å². The van der Waals surface area contributed by atoms with Crippen LogP contribution in [-0.4, -0.2) is 40.1 Å². The number of hydrogen-bond donors (Lipinski definition) is 0. The zero-order chi connectivity index (χ0) is 20.2. The number of ether oxygens (including phenoxy) is 2. The Morgan fingerprint density at radius 1 is 1.19 bits per heavy atom. The fourth-order valence-electron chi connectivity index (χ4n) is 2.21. The molecule has 2 aromatic rings. The van der Waals surface area contributed by atoms with Crippen molar-refractivity contribution >= 4 is 39.0 Å².